The van der Waals surface area contributed by atoms with Gasteiger partial charge in [-0.05, 0) is 30.4 Å². The van der Waals surface area contributed by atoms with Gasteiger partial charge in [-0.25, -0.2) is 4.79 Å². The van der Waals surface area contributed by atoms with Crippen molar-refractivity contribution >= 4 is 6.08 Å². The molecule has 90 valence electrons. The summed E-state index contributed by atoms with van der Waals surface area (Å²) in [6.45, 7) is 0.164. The van der Waals surface area contributed by atoms with Crippen LogP contribution in [0.5, 0.6) is 0 Å². The van der Waals surface area contributed by atoms with Gasteiger partial charge in [0, 0.05) is 6.61 Å². The number of aliphatic imine (C=N–C) groups is 1. The van der Waals surface area contributed by atoms with Crippen LogP contribution >= 0.6 is 0 Å². The summed E-state index contributed by atoms with van der Waals surface area (Å²) in [7, 11) is 0. The fourth-order valence-electron chi connectivity index (χ4n) is 2.62. The summed E-state index contributed by atoms with van der Waals surface area (Å²) in [4.78, 5) is 14.6. The molecule has 0 unspecified atom stereocenters. The second-order valence-electron chi connectivity index (χ2n) is 4.61. The van der Waals surface area contributed by atoms with Crippen molar-refractivity contribution in [1.82, 2.24) is 0 Å². The number of aliphatic hydroxyl groups excluding tert-OH is 1. The summed E-state index contributed by atoms with van der Waals surface area (Å²) in [6, 6.07) is 8.06. The van der Waals surface area contributed by atoms with Crippen molar-refractivity contribution < 1.29 is 9.90 Å². The van der Waals surface area contributed by atoms with Crippen molar-refractivity contribution in [2.75, 3.05) is 6.61 Å². The van der Waals surface area contributed by atoms with Crippen LogP contribution in [0.15, 0.2) is 29.3 Å². The molecule has 1 aromatic carbocycles. The third kappa shape index (κ3) is 2.46. The van der Waals surface area contributed by atoms with Gasteiger partial charge in [-0.2, -0.15) is 4.99 Å². The number of aliphatic hydroxyl groups is 1. The van der Waals surface area contributed by atoms with Gasteiger partial charge in [-0.3, -0.25) is 0 Å². The highest BCUT2D eigenvalue weighted by Gasteiger charge is 2.35. The van der Waals surface area contributed by atoms with Gasteiger partial charge in [-0.1, -0.05) is 37.1 Å². The van der Waals surface area contributed by atoms with Crippen LogP contribution in [0.3, 0.4) is 0 Å². The molecule has 0 aromatic heterocycles. The fraction of sp³-hybridized carbons (Fsp3) is 0.500. The lowest BCUT2D eigenvalue weighted by Gasteiger charge is -2.22. The van der Waals surface area contributed by atoms with Gasteiger partial charge in [0.15, 0.2) is 0 Å². The molecule has 1 fully saturated rings. The van der Waals surface area contributed by atoms with Crippen LogP contribution in [0.4, 0.5) is 0 Å². The molecule has 0 spiro atoms. The maximum Gasteiger partial charge on any atom is 0.235 e. The first-order valence-electron chi connectivity index (χ1n) is 6.10. The Morgan fingerprint density at radius 3 is 2.41 bits per heavy atom. The van der Waals surface area contributed by atoms with Crippen molar-refractivity contribution in [3.8, 4) is 0 Å². The van der Waals surface area contributed by atoms with E-state index >= 15 is 0 Å². The summed E-state index contributed by atoms with van der Waals surface area (Å²) in [5, 5.41) is 8.87. The highest BCUT2D eigenvalue weighted by Crippen LogP contribution is 2.41. The van der Waals surface area contributed by atoms with Gasteiger partial charge in [0.25, 0.3) is 0 Å². The number of carbonyl (C=O) groups excluding carboxylic acids is 1. The average molecular weight is 231 g/mol. The maximum atomic E-state index is 10.6. The van der Waals surface area contributed by atoms with Crippen LogP contribution in [-0.2, 0) is 16.8 Å². The summed E-state index contributed by atoms with van der Waals surface area (Å²) in [5.41, 5.74) is 1.87. The van der Waals surface area contributed by atoms with Crippen LogP contribution in [0.2, 0.25) is 0 Å². The number of benzene rings is 1. The van der Waals surface area contributed by atoms with Crippen molar-refractivity contribution in [1.29, 1.82) is 0 Å². The molecule has 1 aliphatic carbocycles. The Labute approximate surface area is 101 Å². The van der Waals surface area contributed by atoms with Gasteiger partial charge in [0.05, 0.1) is 5.54 Å². The molecular formula is C14H17NO2. The Kier molecular flexibility index (Phi) is 3.72. The van der Waals surface area contributed by atoms with Crippen LogP contribution < -0.4 is 0 Å². The molecule has 0 atom stereocenters. The smallest absolute Gasteiger partial charge is 0.235 e. The first kappa shape index (κ1) is 12.0. The SMILES string of the molecule is O=C=NC1(c2ccc(CCO)cc2)CCCC1. The standard InChI is InChI=1S/C14H17NO2/c16-10-7-12-3-5-13(6-4-12)14(15-11-17)8-1-2-9-14/h3-6,16H,1-2,7-10H2. The summed E-state index contributed by atoms with van der Waals surface area (Å²) in [6.07, 6.45) is 6.49. The van der Waals surface area contributed by atoms with Gasteiger partial charge < -0.3 is 5.11 Å². The van der Waals surface area contributed by atoms with E-state index in [9.17, 15) is 4.79 Å². The van der Waals surface area contributed by atoms with Crippen molar-refractivity contribution in [3.05, 3.63) is 35.4 Å². The first-order valence-corrected chi connectivity index (χ1v) is 6.10. The number of rotatable bonds is 4. The average Bonchev–Trinajstić information content (AvgIpc) is 2.81. The van der Waals surface area contributed by atoms with Gasteiger partial charge in [-0.15, -0.1) is 0 Å². The minimum absolute atomic E-state index is 0.164. The zero-order valence-electron chi connectivity index (χ0n) is 9.85. The van der Waals surface area contributed by atoms with E-state index in [0.717, 1.165) is 36.8 Å². The fourth-order valence-corrected chi connectivity index (χ4v) is 2.62. The third-order valence-corrected chi connectivity index (χ3v) is 3.58. The lowest BCUT2D eigenvalue weighted by molar-refractivity contribution is 0.299. The van der Waals surface area contributed by atoms with Gasteiger partial charge in [0.2, 0.25) is 6.08 Å². The summed E-state index contributed by atoms with van der Waals surface area (Å²) < 4.78 is 0. The topological polar surface area (TPSA) is 49.7 Å². The molecule has 0 saturated heterocycles. The molecule has 3 nitrogen and oxygen atoms in total. The van der Waals surface area contributed by atoms with E-state index in [0.29, 0.717) is 6.42 Å². The van der Waals surface area contributed by atoms with E-state index in [1.807, 2.05) is 24.3 Å². The lowest BCUT2D eigenvalue weighted by atomic mass is 9.88. The van der Waals surface area contributed by atoms with Crippen molar-refractivity contribution in [2.45, 2.75) is 37.6 Å². The largest absolute Gasteiger partial charge is 0.396 e. The molecular weight excluding hydrogens is 214 g/mol. The van der Waals surface area contributed by atoms with E-state index in [1.165, 1.54) is 0 Å². The number of isocyanates is 1. The van der Waals surface area contributed by atoms with Crippen molar-refractivity contribution in [2.24, 2.45) is 4.99 Å². The van der Waals surface area contributed by atoms with E-state index in [4.69, 9.17) is 5.11 Å². The monoisotopic (exact) mass is 231 g/mol. The Hall–Kier alpha value is -1.44. The molecule has 1 saturated carbocycles. The minimum atomic E-state index is -0.334. The van der Waals surface area contributed by atoms with Gasteiger partial charge >= 0.3 is 0 Å². The predicted octanol–water partition coefficient (Wildman–Crippen LogP) is 2.33. The number of nitrogens with zero attached hydrogens (tertiary/aromatic N) is 1. The minimum Gasteiger partial charge on any atom is -0.396 e. The second kappa shape index (κ2) is 5.26. The Morgan fingerprint density at radius 2 is 1.88 bits per heavy atom. The first-order chi connectivity index (χ1) is 8.30. The molecule has 0 heterocycles. The Morgan fingerprint density at radius 1 is 1.24 bits per heavy atom. The van der Waals surface area contributed by atoms with E-state index < -0.39 is 0 Å². The third-order valence-electron chi connectivity index (χ3n) is 3.58. The van der Waals surface area contributed by atoms with Crippen LogP contribution in [0.1, 0.15) is 36.8 Å². The normalized spacial score (nSPS) is 17.7. The molecule has 0 radical (unpaired) electrons. The maximum absolute atomic E-state index is 10.6. The molecule has 0 amide bonds. The van der Waals surface area contributed by atoms with Crippen LogP contribution in [0.25, 0.3) is 0 Å². The molecule has 2 rings (SSSR count). The molecule has 1 N–H and O–H groups in total. The highest BCUT2D eigenvalue weighted by atomic mass is 16.2. The predicted molar refractivity (Wildman–Crippen MR) is 65.5 cm³/mol. The molecule has 0 aliphatic heterocycles. The number of hydrogen-bond acceptors (Lipinski definition) is 3. The van der Waals surface area contributed by atoms with Crippen LogP contribution in [0, 0.1) is 0 Å². The quantitative estimate of drug-likeness (QED) is 0.638. The molecule has 3 heteroatoms. The zero-order chi connectivity index (χ0) is 12.1. The highest BCUT2D eigenvalue weighted by molar-refractivity contribution is 5.39. The molecule has 1 aromatic rings. The molecule has 0 bridgehead atoms. The van der Waals surface area contributed by atoms with E-state index in [-0.39, 0.29) is 12.1 Å². The zero-order valence-corrected chi connectivity index (χ0v) is 9.85. The van der Waals surface area contributed by atoms with Crippen molar-refractivity contribution in [3.63, 3.8) is 0 Å². The lowest BCUT2D eigenvalue weighted by Crippen LogP contribution is -2.18. The molecule has 1 aliphatic rings. The van der Waals surface area contributed by atoms with Crippen LogP contribution in [-0.4, -0.2) is 17.8 Å². The Bertz CT molecular complexity index is 412. The molecule has 17 heavy (non-hydrogen) atoms. The summed E-state index contributed by atoms with van der Waals surface area (Å²) in [5.74, 6) is 0. The summed E-state index contributed by atoms with van der Waals surface area (Å²) >= 11 is 0. The van der Waals surface area contributed by atoms with E-state index in [1.54, 1.807) is 6.08 Å². The van der Waals surface area contributed by atoms with Gasteiger partial charge in [0.1, 0.15) is 0 Å². The second-order valence-corrected chi connectivity index (χ2v) is 4.61. The number of hydrogen-bond donors (Lipinski definition) is 1. The Balaban J connectivity index is 2.27. The van der Waals surface area contributed by atoms with E-state index in [2.05, 4.69) is 4.99 Å².